The third kappa shape index (κ3) is 3.21. The Morgan fingerprint density at radius 1 is 0.481 bits per heavy atom. The normalized spacial score (nSPS) is 28.8. The first-order valence-corrected chi connectivity index (χ1v) is 27.2. The highest BCUT2D eigenvalue weighted by molar-refractivity contribution is 6.56. The molecule has 0 saturated heterocycles. The molecule has 0 amide bonds. The summed E-state index contributed by atoms with van der Waals surface area (Å²) in [7, 11) is 0. The number of fused-ring (bicyclic) bond motifs is 2. The van der Waals surface area contributed by atoms with Gasteiger partial charge in [-0.1, -0.05) is 90.0 Å². The van der Waals surface area contributed by atoms with E-state index in [1.165, 1.54) is 32.7 Å². The van der Waals surface area contributed by atoms with Gasteiger partial charge in [-0.25, -0.2) is 0 Å². The Balaban J connectivity index is 0.960. The number of ether oxygens (including phenoxy) is 4. The Kier molecular flexibility index (Phi) is 5.70. The van der Waals surface area contributed by atoms with E-state index in [9.17, 15) is 10.5 Å². The topological polar surface area (TPSA) is 153 Å². The molecule has 0 radical (unpaired) electrons. The molecule has 79 heavy (non-hydrogen) atoms. The minimum atomic E-state index is -2.10. The smallest absolute Gasteiger partial charge is 0.326 e. The van der Waals surface area contributed by atoms with Crippen LogP contribution in [0.2, 0.25) is 0 Å². The molecule has 11 aromatic rings. The van der Waals surface area contributed by atoms with Crippen LogP contribution in [0.4, 0.5) is 0 Å². The molecule has 10 heteroatoms. The highest BCUT2D eigenvalue weighted by Gasteiger charge is 3.11. The minimum Gasteiger partial charge on any atom is -0.460 e. The number of nitrogens with zero attached hydrogens (tertiary/aromatic N) is 2. The van der Waals surface area contributed by atoms with Crippen LogP contribution in [0.25, 0.3) is 75.4 Å². The number of carbonyl (C=O) groups is 4. The molecule has 4 spiro atoms. The van der Waals surface area contributed by atoms with Gasteiger partial charge in [0.05, 0.1) is 44.9 Å². The van der Waals surface area contributed by atoms with Gasteiger partial charge in [-0.15, -0.1) is 0 Å². The molecule has 1 aliphatic heterocycles. The first-order valence-electron chi connectivity index (χ1n) is 27.2. The maximum Gasteiger partial charge on any atom is 0.326 e. The van der Waals surface area contributed by atoms with E-state index in [0.717, 1.165) is 110 Å². The van der Waals surface area contributed by atoms with Crippen molar-refractivity contribution in [1.29, 1.82) is 10.5 Å². The first kappa shape index (κ1) is 39.7. The SMILES string of the molecule is N#Cc1ccc(COC(=O)C23C(=O)OCc4cccc(c4)COC(=O)C4(C(=O)OCc5ccc(C#N)cc5)C56C7=CC8=C9C2%10c2c(c%11c%12c5c(cc5cc%13c%14c%15c(cc%16cc%17c(c%18c2c(c%15c%16%18)c%11c%14c5%12)C3%10C(=C8)C%17)C%13)C7)C946)cc1. The summed E-state index contributed by atoms with van der Waals surface area (Å²) in [5.74, 6) is -2.88. The molecule has 0 aromatic heterocycles. The molecule has 4 bridgehead atoms. The van der Waals surface area contributed by atoms with Crippen LogP contribution >= 0.6 is 0 Å². The van der Waals surface area contributed by atoms with Gasteiger partial charge in [-0.3, -0.25) is 19.2 Å². The van der Waals surface area contributed by atoms with E-state index in [0.29, 0.717) is 51.8 Å². The number of esters is 4. The lowest BCUT2D eigenvalue weighted by Crippen LogP contribution is -2.40. The van der Waals surface area contributed by atoms with Gasteiger partial charge in [0, 0.05) is 0 Å². The van der Waals surface area contributed by atoms with Gasteiger partial charge in [-0.05, 0) is 203 Å². The van der Waals surface area contributed by atoms with Crippen molar-refractivity contribution in [2.45, 2.75) is 67.3 Å². The first-order chi connectivity index (χ1) is 38.7. The summed E-state index contributed by atoms with van der Waals surface area (Å²) in [5.41, 5.74) is 5.01. The predicted molar refractivity (Wildman–Crippen MR) is 287 cm³/mol. The van der Waals surface area contributed by atoms with Gasteiger partial charge in [0.2, 0.25) is 0 Å². The van der Waals surface area contributed by atoms with Crippen LogP contribution in [0.5, 0.6) is 0 Å². The van der Waals surface area contributed by atoms with Crippen LogP contribution in [0.1, 0.15) is 77.9 Å². The van der Waals surface area contributed by atoms with Crippen LogP contribution < -0.4 is 0 Å². The van der Waals surface area contributed by atoms with Gasteiger partial charge in [0.25, 0.3) is 0 Å². The Morgan fingerprint density at radius 3 is 1.37 bits per heavy atom. The average Bonchev–Trinajstić information content (AvgIpc) is 1.35. The molecule has 0 N–H and O–H groups in total. The van der Waals surface area contributed by atoms with E-state index < -0.39 is 56.4 Å². The average molecular weight is 1020 g/mol. The summed E-state index contributed by atoms with van der Waals surface area (Å²) in [6.07, 6.45) is 6.14. The molecule has 22 rings (SSSR count). The molecule has 1 heterocycles. The molecular weight excluding hydrogens is 985 g/mol. The number of allylic oxidation sites excluding steroid dienone is 6. The fourth-order valence-corrected chi connectivity index (χ4v) is 20.8. The second kappa shape index (κ2) is 11.3. The van der Waals surface area contributed by atoms with E-state index in [-0.39, 0.29) is 26.4 Å². The monoisotopic (exact) mass is 1020 g/mol. The van der Waals surface area contributed by atoms with E-state index in [2.05, 4.69) is 48.6 Å². The summed E-state index contributed by atoms with van der Waals surface area (Å²) >= 11 is 0. The highest BCUT2D eigenvalue weighted by Crippen LogP contribution is 3.03. The number of hydrogen-bond acceptors (Lipinski definition) is 10. The number of rotatable bonds is 6. The number of benzene rings is 9. The highest BCUT2D eigenvalue weighted by atomic mass is 16.6. The van der Waals surface area contributed by atoms with Crippen LogP contribution in [0.3, 0.4) is 0 Å². The summed E-state index contributed by atoms with van der Waals surface area (Å²) in [6.45, 7) is -0.704. The molecule has 2 saturated carbocycles. The molecule has 2 fully saturated rings. The maximum atomic E-state index is 17.0. The van der Waals surface area contributed by atoms with Crippen molar-refractivity contribution in [3.8, 4) is 12.1 Å². The lowest BCUT2D eigenvalue weighted by Gasteiger charge is -2.36. The van der Waals surface area contributed by atoms with Crippen molar-refractivity contribution in [3.63, 3.8) is 0 Å². The van der Waals surface area contributed by atoms with E-state index in [4.69, 9.17) is 18.9 Å². The predicted octanol–water partition coefficient (Wildman–Crippen LogP) is 10.7. The van der Waals surface area contributed by atoms with Gasteiger partial charge in [-0.2, -0.15) is 10.5 Å². The zero-order valence-corrected chi connectivity index (χ0v) is 41.5. The standard InChI is InChI=1S/C69H32N2O8/c70-22-28-4-8-30(9-5-28)24-76-60(72)68-62(74)78-26-32-2-1-3-33(12-32)27-79-63(75)69(61(73)77-25-31-10-6-29(23-71)7-11-31)65-42-19-39-17-37-15-35-13-34-14-36-16-38-18-41-20-40(21-42)59-66(68)57-53-49-47(45(36)51(53)55(38)64(41,66)68)43(34)44(35)48-46(37)52(56(39)65)54(50(48)49)58(57)67(59,65)69/h1-12,14-17,20-21H,13,18-19,24-27H2. The van der Waals surface area contributed by atoms with Gasteiger partial charge < -0.3 is 18.9 Å². The van der Waals surface area contributed by atoms with Crippen LogP contribution in [0.15, 0.2) is 132 Å². The van der Waals surface area contributed by atoms with Crippen molar-refractivity contribution >= 4 is 99.3 Å². The van der Waals surface area contributed by atoms with Crippen molar-refractivity contribution in [1.82, 2.24) is 0 Å². The minimum absolute atomic E-state index is 0.163. The molecule has 10 nitrogen and oxygen atoms in total. The maximum absolute atomic E-state index is 17.0. The molecular formula is C69H32N2O8. The van der Waals surface area contributed by atoms with Crippen molar-refractivity contribution in [3.05, 3.63) is 209 Å². The summed E-state index contributed by atoms with van der Waals surface area (Å²) in [4.78, 5) is 67.9. The lowest BCUT2D eigenvalue weighted by molar-refractivity contribution is -0.169. The van der Waals surface area contributed by atoms with Crippen molar-refractivity contribution < 1.29 is 38.1 Å². The van der Waals surface area contributed by atoms with Crippen LogP contribution in [0, 0.1) is 33.5 Å². The summed E-state index contributed by atoms with van der Waals surface area (Å²) in [6, 6.07) is 35.0. The van der Waals surface area contributed by atoms with E-state index >= 15 is 19.2 Å². The number of nitriles is 2. The van der Waals surface area contributed by atoms with E-state index in [1.54, 1.807) is 48.5 Å². The van der Waals surface area contributed by atoms with Crippen molar-refractivity contribution in [2.75, 3.05) is 0 Å². The Morgan fingerprint density at radius 2 is 0.911 bits per heavy atom. The van der Waals surface area contributed by atoms with Gasteiger partial charge in [0.15, 0.2) is 10.8 Å². The molecule has 6 atom stereocenters. The van der Waals surface area contributed by atoms with E-state index in [1.807, 2.05) is 24.3 Å². The van der Waals surface area contributed by atoms with Crippen LogP contribution in [-0.2, 0) is 105 Å². The second-order valence-corrected chi connectivity index (χ2v) is 24.5. The van der Waals surface area contributed by atoms with Crippen LogP contribution in [-0.4, -0.2) is 23.9 Å². The zero-order chi connectivity index (χ0) is 51.7. The lowest BCUT2D eigenvalue weighted by atomic mass is 9.64. The Bertz CT molecular complexity index is 5030. The summed E-state index contributed by atoms with van der Waals surface area (Å²) < 4.78 is 27.2. The Labute approximate surface area is 445 Å². The third-order valence-electron chi connectivity index (χ3n) is 22.3. The number of cyclic esters (lactones) is 2. The van der Waals surface area contributed by atoms with Crippen molar-refractivity contribution in [2.24, 2.45) is 10.8 Å². The number of carbonyl (C=O) groups excluding carboxylic acids is 4. The molecule has 11 aliphatic rings. The van der Waals surface area contributed by atoms with Gasteiger partial charge in [0.1, 0.15) is 26.4 Å². The molecule has 6 unspecified atom stereocenters. The zero-order valence-electron chi connectivity index (χ0n) is 41.5. The molecule has 10 aliphatic carbocycles. The van der Waals surface area contributed by atoms with Gasteiger partial charge >= 0.3 is 23.9 Å². The fourth-order valence-electron chi connectivity index (χ4n) is 20.8. The fraction of sp³-hybridized carbons (Fsp3) is 0.188. The number of hydrogen-bond donors (Lipinski definition) is 0. The molecule has 11 aromatic carbocycles. The molecule has 366 valence electrons. The second-order valence-electron chi connectivity index (χ2n) is 24.5. The Hall–Kier alpha value is -9.64. The third-order valence-corrected chi connectivity index (χ3v) is 22.3. The quantitative estimate of drug-likeness (QED) is 0.0681. The summed E-state index contributed by atoms with van der Waals surface area (Å²) in [5, 5.41) is 35.3. The largest absolute Gasteiger partial charge is 0.460 e.